The average molecular weight is 551 g/mol. The van der Waals surface area contributed by atoms with Crippen LogP contribution in [0.15, 0.2) is 17.0 Å². The molecule has 1 aliphatic carbocycles. The summed E-state index contributed by atoms with van der Waals surface area (Å²) in [6.07, 6.45) is 7.60. The Kier molecular flexibility index (Phi) is 9.73. The predicted octanol–water partition coefficient (Wildman–Crippen LogP) is 2.50. The van der Waals surface area contributed by atoms with Gasteiger partial charge in [-0.1, -0.05) is 6.42 Å². The van der Waals surface area contributed by atoms with Crippen molar-refractivity contribution in [2.24, 2.45) is 0 Å². The van der Waals surface area contributed by atoms with Crippen molar-refractivity contribution in [1.29, 1.82) is 0 Å². The highest BCUT2D eigenvalue weighted by Gasteiger charge is 2.35. The van der Waals surface area contributed by atoms with Crippen LogP contribution in [-0.4, -0.2) is 119 Å². The summed E-state index contributed by atoms with van der Waals surface area (Å²) in [6, 6.07) is 5.12. The van der Waals surface area contributed by atoms with Gasteiger partial charge in [0.25, 0.3) is 0 Å². The molecule has 1 amide bonds. The van der Waals surface area contributed by atoms with Crippen molar-refractivity contribution < 1.29 is 22.7 Å². The van der Waals surface area contributed by atoms with Crippen LogP contribution in [0.2, 0.25) is 0 Å². The molecule has 9 nitrogen and oxygen atoms in total. The third-order valence-electron chi connectivity index (χ3n) is 8.86. The normalized spacial score (nSPS) is 22.1. The van der Waals surface area contributed by atoms with Gasteiger partial charge in [-0.15, -0.1) is 0 Å². The zero-order chi connectivity index (χ0) is 27.4. The number of likely N-dealkylation sites (tertiary alicyclic amines) is 2. The number of piperidine rings is 1. The van der Waals surface area contributed by atoms with Crippen molar-refractivity contribution in [2.45, 2.75) is 75.4 Å². The molecule has 2 heterocycles. The molecule has 1 unspecified atom stereocenters. The largest absolute Gasteiger partial charge is 0.497 e. The van der Waals surface area contributed by atoms with Crippen LogP contribution in [0.4, 0.5) is 0 Å². The summed E-state index contributed by atoms with van der Waals surface area (Å²) in [4.78, 5) is 20.2. The number of sulfonamides is 1. The monoisotopic (exact) mass is 550 g/mol. The van der Waals surface area contributed by atoms with Crippen LogP contribution in [0, 0.1) is 13.8 Å². The van der Waals surface area contributed by atoms with Crippen LogP contribution in [-0.2, 0) is 19.6 Å². The molecule has 0 radical (unpaired) electrons. The van der Waals surface area contributed by atoms with Gasteiger partial charge in [-0.05, 0) is 82.3 Å². The number of carbonyl (C=O) groups is 1. The maximum absolute atomic E-state index is 13.2. The van der Waals surface area contributed by atoms with E-state index in [4.69, 9.17) is 9.47 Å². The molecule has 2 aliphatic heterocycles. The molecule has 214 valence electrons. The van der Waals surface area contributed by atoms with Crippen LogP contribution in [0.5, 0.6) is 5.75 Å². The molecule has 2 saturated heterocycles. The number of methoxy groups -OCH3 is 1. The standard InChI is InChI=1S/C28H46N4O5S/c1-21-17-26(36-5)18-22(2)28(21)38(34,35)29(3)15-16-37-20-27(33)30(4)25-11-14-32(19-25)24-9-12-31(13-10-24)23-7-6-8-23/h17-18,23-25H,6-16,19-20H2,1-5H3. The topological polar surface area (TPSA) is 82.6 Å². The molecule has 0 spiro atoms. The third-order valence-corrected chi connectivity index (χ3v) is 11.0. The zero-order valence-corrected chi connectivity index (χ0v) is 24.6. The van der Waals surface area contributed by atoms with Crippen LogP contribution < -0.4 is 4.74 Å². The van der Waals surface area contributed by atoms with E-state index in [9.17, 15) is 13.2 Å². The van der Waals surface area contributed by atoms with Crippen LogP contribution in [0.1, 0.15) is 49.7 Å². The average Bonchev–Trinajstić information content (AvgIpc) is 3.35. The number of rotatable bonds is 11. The fourth-order valence-corrected chi connectivity index (χ4v) is 7.71. The van der Waals surface area contributed by atoms with Gasteiger partial charge in [-0.3, -0.25) is 9.69 Å². The molecular formula is C28H46N4O5S. The molecular weight excluding hydrogens is 504 g/mol. The minimum absolute atomic E-state index is 0.0404. The van der Waals surface area contributed by atoms with Crippen LogP contribution in [0.25, 0.3) is 0 Å². The van der Waals surface area contributed by atoms with E-state index in [-0.39, 0.29) is 36.6 Å². The zero-order valence-electron chi connectivity index (χ0n) is 23.8. The predicted molar refractivity (Wildman–Crippen MR) is 148 cm³/mol. The highest BCUT2D eigenvalue weighted by Crippen LogP contribution is 2.30. The summed E-state index contributed by atoms with van der Waals surface area (Å²) in [7, 11) is 1.28. The minimum Gasteiger partial charge on any atom is -0.497 e. The number of likely N-dealkylation sites (N-methyl/N-ethyl adjacent to an activating group) is 2. The first kappa shape index (κ1) is 29.3. The van der Waals surface area contributed by atoms with E-state index in [1.54, 1.807) is 40.1 Å². The molecule has 3 fully saturated rings. The number of ether oxygens (including phenoxy) is 2. The van der Waals surface area contributed by atoms with Gasteiger partial charge in [0.1, 0.15) is 12.4 Å². The number of hydrogen-bond donors (Lipinski definition) is 0. The van der Waals surface area contributed by atoms with E-state index in [1.165, 1.54) is 49.5 Å². The Labute approximate surface area is 229 Å². The lowest BCUT2D eigenvalue weighted by molar-refractivity contribution is -0.136. The van der Waals surface area contributed by atoms with Crippen molar-refractivity contribution in [2.75, 3.05) is 67.1 Å². The molecule has 38 heavy (non-hydrogen) atoms. The van der Waals surface area contributed by atoms with Gasteiger partial charge in [0.2, 0.25) is 15.9 Å². The van der Waals surface area contributed by atoms with E-state index in [0.717, 1.165) is 25.6 Å². The first-order valence-corrected chi connectivity index (χ1v) is 15.5. The van der Waals surface area contributed by atoms with Crippen molar-refractivity contribution >= 4 is 15.9 Å². The maximum Gasteiger partial charge on any atom is 0.248 e. The van der Waals surface area contributed by atoms with E-state index in [0.29, 0.717) is 22.9 Å². The smallest absolute Gasteiger partial charge is 0.248 e. The van der Waals surface area contributed by atoms with E-state index < -0.39 is 10.0 Å². The van der Waals surface area contributed by atoms with Gasteiger partial charge in [-0.2, -0.15) is 4.31 Å². The van der Waals surface area contributed by atoms with Crippen molar-refractivity contribution in [1.82, 2.24) is 19.0 Å². The second-order valence-corrected chi connectivity index (χ2v) is 13.2. The molecule has 3 aliphatic rings. The molecule has 1 atom stereocenters. The summed E-state index contributed by atoms with van der Waals surface area (Å²) in [6.45, 7) is 8.21. The summed E-state index contributed by atoms with van der Waals surface area (Å²) >= 11 is 0. The number of benzene rings is 1. The van der Waals surface area contributed by atoms with E-state index in [1.807, 2.05) is 11.9 Å². The number of carbonyl (C=O) groups excluding carboxylic acids is 1. The number of amides is 1. The Morgan fingerprint density at radius 2 is 1.58 bits per heavy atom. The van der Waals surface area contributed by atoms with E-state index in [2.05, 4.69) is 9.80 Å². The van der Waals surface area contributed by atoms with Gasteiger partial charge in [0.15, 0.2) is 0 Å². The fraction of sp³-hybridized carbons (Fsp3) is 0.750. The molecule has 10 heteroatoms. The van der Waals surface area contributed by atoms with Crippen LogP contribution in [0.3, 0.4) is 0 Å². The SMILES string of the molecule is COc1cc(C)c(S(=O)(=O)N(C)CCOCC(=O)N(C)C2CCN(C3CCN(C4CCC4)CC3)C2)c(C)c1. The lowest BCUT2D eigenvalue weighted by Crippen LogP contribution is -2.50. The number of hydrogen-bond acceptors (Lipinski definition) is 7. The maximum atomic E-state index is 13.2. The van der Waals surface area contributed by atoms with Gasteiger partial charge in [-0.25, -0.2) is 8.42 Å². The lowest BCUT2D eigenvalue weighted by atomic mass is 9.89. The lowest BCUT2D eigenvalue weighted by Gasteiger charge is -2.43. The second kappa shape index (κ2) is 12.6. The Morgan fingerprint density at radius 1 is 0.974 bits per heavy atom. The quantitative estimate of drug-likeness (QED) is 0.392. The van der Waals surface area contributed by atoms with Gasteiger partial charge >= 0.3 is 0 Å². The Bertz CT molecular complexity index is 1050. The molecule has 1 aromatic carbocycles. The van der Waals surface area contributed by atoms with Crippen molar-refractivity contribution in [3.05, 3.63) is 23.3 Å². The Hall–Kier alpha value is -1.72. The highest BCUT2D eigenvalue weighted by molar-refractivity contribution is 7.89. The highest BCUT2D eigenvalue weighted by atomic mass is 32.2. The fourth-order valence-electron chi connectivity index (χ4n) is 6.15. The summed E-state index contributed by atoms with van der Waals surface area (Å²) in [5, 5.41) is 0. The first-order chi connectivity index (χ1) is 18.1. The van der Waals surface area contributed by atoms with Crippen LogP contribution >= 0.6 is 0 Å². The van der Waals surface area contributed by atoms with Gasteiger partial charge in [0.05, 0.1) is 18.6 Å². The number of nitrogens with zero attached hydrogens (tertiary/aromatic N) is 4. The summed E-state index contributed by atoms with van der Waals surface area (Å²) in [5.41, 5.74) is 1.28. The molecule has 0 N–H and O–H groups in total. The molecule has 1 aromatic rings. The first-order valence-electron chi connectivity index (χ1n) is 14.0. The molecule has 1 saturated carbocycles. The molecule has 0 aromatic heterocycles. The number of aryl methyl sites for hydroxylation is 2. The summed E-state index contributed by atoms with van der Waals surface area (Å²) in [5.74, 6) is 0.580. The van der Waals surface area contributed by atoms with Crippen molar-refractivity contribution in [3.8, 4) is 5.75 Å². The summed E-state index contributed by atoms with van der Waals surface area (Å²) < 4.78 is 38.5. The molecule has 4 rings (SSSR count). The third kappa shape index (κ3) is 6.53. The van der Waals surface area contributed by atoms with Crippen molar-refractivity contribution in [3.63, 3.8) is 0 Å². The molecule has 0 bridgehead atoms. The van der Waals surface area contributed by atoms with Gasteiger partial charge < -0.3 is 19.3 Å². The van der Waals surface area contributed by atoms with Gasteiger partial charge in [0, 0.05) is 51.9 Å². The van der Waals surface area contributed by atoms with E-state index >= 15 is 0 Å². The minimum atomic E-state index is -3.69. The Balaban J connectivity index is 1.18. The Morgan fingerprint density at radius 3 is 2.16 bits per heavy atom. The second-order valence-electron chi connectivity index (χ2n) is 11.3.